The Balaban J connectivity index is 2.16. The Labute approximate surface area is 144 Å². The fourth-order valence-corrected chi connectivity index (χ4v) is 5.62. The predicted molar refractivity (Wildman–Crippen MR) is 87.1 cm³/mol. The van der Waals surface area contributed by atoms with Gasteiger partial charge in [0.15, 0.2) is 0 Å². The number of carbonyl (C=O) groups is 1. The molecule has 1 aliphatic rings. The van der Waals surface area contributed by atoms with Crippen LogP contribution in [0, 0.1) is 5.92 Å². The molecule has 0 radical (unpaired) electrons. The molecule has 0 N–H and O–H groups in total. The van der Waals surface area contributed by atoms with E-state index in [1.54, 1.807) is 6.92 Å². The molecule has 1 fully saturated rings. The summed E-state index contributed by atoms with van der Waals surface area (Å²) in [5.74, 6) is -0.0576. The first-order valence-corrected chi connectivity index (χ1v) is 9.96. The van der Waals surface area contributed by atoms with Gasteiger partial charge in [0, 0.05) is 13.1 Å². The van der Waals surface area contributed by atoms with Crippen LogP contribution in [0.1, 0.15) is 26.2 Å². The molecule has 1 saturated carbocycles. The molecule has 1 aromatic rings. The second-order valence-electron chi connectivity index (χ2n) is 5.05. The zero-order chi connectivity index (χ0) is 16.3. The van der Waals surface area contributed by atoms with E-state index in [-0.39, 0.29) is 28.8 Å². The molecule has 0 saturated heterocycles. The van der Waals surface area contributed by atoms with Crippen LogP contribution in [-0.4, -0.2) is 38.4 Å². The van der Waals surface area contributed by atoms with Crippen molar-refractivity contribution in [1.29, 1.82) is 0 Å². The summed E-state index contributed by atoms with van der Waals surface area (Å²) in [5, 5.41) is 0. The molecule has 1 aromatic heterocycles. The predicted octanol–water partition coefficient (Wildman–Crippen LogP) is 3.41. The molecule has 5 nitrogen and oxygen atoms in total. The Hall–Kier alpha value is -0.340. The van der Waals surface area contributed by atoms with Crippen LogP contribution in [-0.2, 0) is 19.6 Å². The lowest BCUT2D eigenvalue weighted by Gasteiger charge is -2.21. The van der Waals surface area contributed by atoms with Crippen LogP contribution in [0.5, 0.6) is 0 Å². The van der Waals surface area contributed by atoms with Crippen molar-refractivity contribution in [3.8, 4) is 0 Å². The maximum absolute atomic E-state index is 12.7. The molecule has 0 atom stereocenters. The average Bonchev–Trinajstić information content (AvgIpc) is 3.18. The molecular formula is C13H17Cl2NO4S2. The van der Waals surface area contributed by atoms with Crippen molar-refractivity contribution in [2.45, 2.75) is 31.1 Å². The monoisotopic (exact) mass is 385 g/mol. The Morgan fingerprint density at radius 3 is 2.64 bits per heavy atom. The van der Waals surface area contributed by atoms with Gasteiger partial charge in [-0.2, -0.15) is 4.31 Å². The number of esters is 1. The maximum Gasteiger partial charge on any atom is 0.307 e. The van der Waals surface area contributed by atoms with Gasteiger partial charge < -0.3 is 4.74 Å². The number of carbonyl (C=O) groups excluding carboxylic acids is 1. The third-order valence-electron chi connectivity index (χ3n) is 3.27. The minimum absolute atomic E-state index is 0.00803. The van der Waals surface area contributed by atoms with Gasteiger partial charge in [0.1, 0.15) is 9.23 Å². The molecule has 124 valence electrons. The topological polar surface area (TPSA) is 63.7 Å². The van der Waals surface area contributed by atoms with Gasteiger partial charge in [0.2, 0.25) is 10.0 Å². The number of hydrogen-bond donors (Lipinski definition) is 0. The third-order valence-corrected chi connectivity index (χ3v) is 6.89. The minimum Gasteiger partial charge on any atom is -0.466 e. The number of hydrogen-bond acceptors (Lipinski definition) is 5. The van der Waals surface area contributed by atoms with E-state index >= 15 is 0 Å². The Morgan fingerprint density at radius 2 is 2.14 bits per heavy atom. The van der Waals surface area contributed by atoms with Crippen LogP contribution in [0.25, 0.3) is 0 Å². The van der Waals surface area contributed by atoms with Gasteiger partial charge in [0.05, 0.1) is 17.4 Å². The van der Waals surface area contributed by atoms with Crippen molar-refractivity contribution in [2.75, 3.05) is 19.7 Å². The Kier molecular flexibility index (Phi) is 6.13. The first kappa shape index (κ1) is 18.0. The zero-order valence-electron chi connectivity index (χ0n) is 12.0. The highest BCUT2D eigenvalue weighted by Gasteiger charge is 2.34. The summed E-state index contributed by atoms with van der Waals surface area (Å²) < 4.78 is 32.1. The van der Waals surface area contributed by atoms with Crippen LogP contribution >= 0.6 is 34.5 Å². The van der Waals surface area contributed by atoms with E-state index < -0.39 is 16.0 Å². The van der Waals surface area contributed by atoms with Gasteiger partial charge in [-0.1, -0.05) is 23.2 Å². The molecule has 1 aliphatic carbocycles. The molecule has 0 aliphatic heterocycles. The molecule has 0 bridgehead atoms. The molecule has 2 rings (SSSR count). The second kappa shape index (κ2) is 7.49. The number of nitrogens with zero attached hydrogens (tertiary/aromatic N) is 1. The van der Waals surface area contributed by atoms with E-state index in [9.17, 15) is 13.2 Å². The maximum atomic E-state index is 12.7. The van der Waals surface area contributed by atoms with Crippen molar-refractivity contribution >= 4 is 50.5 Å². The minimum atomic E-state index is -3.76. The Bertz CT molecular complexity index is 640. The van der Waals surface area contributed by atoms with Crippen LogP contribution in [0.15, 0.2) is 11.0 Å². The van der Waals surface area contributed by atoms with E-state index in [1.807, 2.05) is 0 Å². The van der Waals surface area contributed by atoms with E-state index in [0.29, 0.717) is 16.8 Å². The molecule has 22 heavy (non-hydrogen) atoms. The number of thiophene rings is 1. The van der Waals surface area contributed by atoms with Gasteiger partial charge in [-0.25, -0.2) is 8.42 Å². The second-order valence-corrected chi connectivity index (χ2v) is 9.24. The standard InChI is InChI=1S/C13H17Cl2NO4S2/c1-2-20-12(17)5-6-16(8-9-3-4-9)22(18,19)10-7-11(14)21-13(10)15/h7,9H,2-6,8H2,1H3. The zero-order valence-corrected chi connectivity index (χ0v) is 15.2. The van der Waals surface area contributed by atoms with Crippen LogP contribution in [0.3, 0.4) is 0 Å². The third kappa shape index (κ3) is 4.58. The van der Waals surface area contributed by atoms with E-state index in [1.165, 1.54) is 10.4 Å². The van der Waals surface area contributed by atoms with Gasteiger partial charge in [-0.15, -0.1) is 11.3 Å². The molecule has 1 heterocycles. The van der Waals surface area contributed by atoms with E-state index in [0.717, 1.165) is 24.2 Å². The van der Waals surface area contributed by atoms with Gasteiger partial charge in [-0.3, -0.25) is 4.79 Å². The summed E-state index contributed by atoms with van der Waals surface area (Å²) in [6, 6.07) is 1.36. The summed E-state index contributed by atoms with van der Waals surface area (Å²) in [4.78, 5) is 11.5. The first-order chi connectivity index (χ1) is 10.3. The SMILES string of the molecule is CCOC(=O)CCN(CC1CC1)S(=O)(=O)c1cc(Cl)sc1Cl. The lowest BCUT2D eigenvalue weighted by Crippen LogP contribution is -2.35. The summed E-state index contributed by atoms with van der Waals surface area (Å²) in [6.07, 6.45) is 2.03. The van der Waals surface area contributed by atoms with Crippen molar-refractivity contribution in [3.05, 3.63) is 14.7 Å². The first-order valence-electron chi connectivity index (χ1n) is 6.95. The van der Waals surface area contributed by atoms with Gasteiger partial charge in [0.25, 0.3) is 0 Å². The molecule has 0 aromatic carbocycles. The Morgan fingerprint density at radius 1 is 1.45 bits per heavy atom. The van der Waals surface area contributed by atoms with Crippen molar-refractivity contribution in [2.24, 2.45) is 5.92 Å². The quantitative estimate of drug-likeness (QED) is 0.643. The summed E-state index contributed by atoms with van der Waals surface area (Å²) in [6.45, 7) is 2.47. The lowest BCUT2D eigenvalue weighted by molar-refractivity contribution is -0.143. The molecule has 0 unspecified atom stereocenters. The molecule has 0 spiro atoms. The molecular weight excluding hydrogens is 369 g/mol. The number of ether oxygens (including phenoxy) is 1. The summed E-state index contributed by atoms with van der Waals surface area (Å²) in [7, 11) is -3.76. The van der Waals surface area contributed by atoms with Crippen molar-refractivity contribution < 1.29 is 17.9 Å². The summed E-state index contributed by atoms with van der Waals surface area (Å²) in [5.41, 5.74) is 0. The van der Waals surface area contributed by atoms with Gasteiger partial charge >= 0.3 is 5.97 Å². The van der Waals surface area contributed by atoms with Crippen LogP contribution in [0.2, 0.25) is 8.67 Å². The largest absolute Gasteiger partial charge is 0.466 e. The smallest absolute Gasteiger partial charge is 0.307 e. The van der Waals surface area contributed by atoms with Gasteiger partial charge in [-0.05, 0) is 31.7 Å². The van der Waals surface area contributed by atoms with Crippen LogP contribution < -0.4 is 0 Å². The average molecular weight is 386 g/mol. The fourth-order valence-electron chi connectivity index (χ4n) is 1.99. The fraction of sp³-hybridized carbons (Fsp3) is 0.615. The van der Waals surface area contributed by atoms with Crippen molar-refractivity contribution in [1.82, 2.24) is 4.31 Å². The van der Waals surface area contributed by atoms with E-state index in [2.05, 4.69) is 0 Å². The van der Waals surface area contributed by atoms with Crippen LogP contribution in [0.4, 0.5) is 0 Å². The highest BCUT2D eigenvalue weighted by Crippen LogP contribution is 2.37. The normalized spacial score (nSPS) is 15.3. The number of sulfonamides is 1. The highest BCUT2D eigenvalue weighted by molar-refractivity contribution is 7.89. The number of rotatable bonds is 8. The highest BCUT2D eigenvalue weighted by atomic mass is 35.5. The van der Waals surface area contributed by atoms with Crippen molar-refractivity contribution in [3.63, 3.8) is 0 Å². The molecule has 0 amide bonds. The summed E-state index contributed by atoms with van der Waals surface area (Å²) >= 11 is 12.8. The number of halogens is 2. The lowest BCUT2D eigenvalue weighted by atomic mass is 10.4. The van der Waals surface area contributed by atoms with E-state index in [4.69, 9.17) is 27.9 Å². The molecule has 9 heteroatoms.